The zero-order valence-corrected chi connectivity index (χ0v) is 10.2. The summed E-state index contributed by atoms with van der Waals surface area (Å²) in [5.41, 5.74) is 0. The summed E-state index contributed by atoms with van der Waals surface area (Å²) < 4.78 is 0. The van der Waals surface area contributed by atoms with E-state index < -0.39 is 0 Å². The summed E-state index contributed by atoms with van der Waals surface area (Å²) in [7, 11) is 2.15. The van der Waals surface area contributed by atoms with Crippen molar-refractivity contribution in [3.63, 3.8) is 0 Å². The third kappa shape index (κ3) is 4.94. The maximum absolute atomic E-state index is 5.38. The molecule has 82 valence electrons. The van der Waals surface area contributed by atoms with E-state index >= 15 is 0 Å². The molecule has 2 heteroatoms. The van der Waals surface area contributed by atoms with Gasteiger partial charge in [0.25, 0.3) is 0 Å². The van der Waals surface area contributed by atoms with Crippen molar-refractivity contribution < 1.29 is 0 Å². The van der Waals surface area contributed by atoms with Gasteiger partial charge in [0.1, 0.15) is 0 Å². The lowest BCUT2D eigenvalue weighted by Crippen LogP contribution is -2.26. The van der Waals surface area contributed by atoms with Gasteiger partial charge in [0.2, 0.25) is 0 Å². The van der Waals surface area contributed by atoms with Crippen molar-refractivity contribution in [1.29, 1.82) is 0 Å². The number of thiocarbonyl (C=S) groups is 1. The topological polar surface area (TPSA) is 3.24 Å². The Kier molecular flexibility index (Phi) is 6.17. The minimum Gasteiger partial charge on any atom is -0.369 e. The summed E-state index contributed by atoms with van der Waals surface area (Å²) in [6.07, 6.45) is 12.2. The van der Waals surface area contributed by atoms with Gasteiger partial charge in [0, 0.05) is 13.6 Å². The number of rotatable bonds is 0. The number of hydrogen-bond acceptors (Lipinski definition) is 1. The van der Waals surface area contributed by atoms with Crippen LogP contribution in [0, 0.1) is 0 Å². The van der Waals surface area contributed by atoms with Gasteiger partial charge in [-0.1, -0.05) is 50.7 Å². The fourth-order valence-electron chi connectivity index (χ4n) is 2.00. The Morgan fingerprint density at radius 3 is 2.00 bits per heavy atom. The van der Waals surface area contributed by atoms with Gasteiger partial charge in [-0.25, -0.2) is 0 Å². The standard InChI is InChI=1S/C12H23NS/c1-13-11-9-7-5-3-2-4-6-8-10-12(13)14/h2-11H2,1H3. The molecule has 0 unspecified atom stereocenters. The molecule has 0 atom stereocenters. The highest BCUT2D eigenvalue weighted by Gasteiger charge is 2.04. The number of nitrogens with zero attached hydrogens (tertiary/aromatic N) is 1. The molecule has 1 heterocycles. The SMILES string of the molecule is CN1CCCCCCCCCCC1=S. The smallest absolute Gasteiger partial charge is 0.0776 e. The second-order valence-corrected chi connectivity index (χ2v) is 4.86. The normalized spacial score (nSPS) is 22.6. The Bertz CT molecular complexity index is 168. The molecule has 1 saturated heterocycles. The average molecular weight is 213 g/mol. The van der Waals surface area contributed by atoms with Gasteiger partial charge in [-0.2, -0.15) is 0 Å². The van der Waals surface area contributed by atoms with Gasteiger partial charge in [-0.3, -0.25) is 0 Å². The quantitative estimate of drug-likeness (QED) is 0.564. The van der Waals surface area contributed by atoms with E-state index in [1.54, 1.807) is 0 Å². The molecule has 0 aromatic carbocycles. The highest BCUT2D eigenvalue weighted by Crippen LogP contribution is 2.13. The molecule has 0 amide bonds. The molecule has 1 aliphatic rings. The van der Waals surface area contributed by atoms with Crippen LogP contribution in [0.15, 0.2) is 0 Å². The van der Waals surface area contributed by atoms with Gasteiger partial charge < -0.3 is 4.90 Å². The lowest BCUT2D eigenvalue weighted by molar-refractivity contribution is 0.453. The van der Waals surface area contributed by atoms with Crippen molar-refractivity contribution in [2.45, 2.75) is 57.8 Å². The first-order valence-corrected chi connectivity index (χ1v) is 6.45. The van der Waals surface area contributed by atoms with Crippen LogP contribution in [0.25, 0.3) is 0 Å². The lowest BCUT2D eigenvalue weighted by Gasteiger charge is -2.20. The van der Waals surface area contributed by atoms with Crippen LogP contribution in [0.1, 0.15) is 57.8 Å². The molecule has 1 aliphatic heterocycles. The number of hydrogen-bond donors (Lipinski definition) is 0. The average Bonchev–Trinajstić information content (AvgIpc) is 2.18. The van der Waals surface area contributed by atoms with Gasteiger partial charge in [0.15, 0.2) is 0 Å². The van der Waals surface area contributed by atoms with Gasteiger partial charge in [0.05, 0.1) is 4.99 Å². The molecular formula is C12H23NS. The first-order valence-electron chi connectivity index (χ1n) is 6.04. The minimum absolute atomic E-state index is 1.13. The molecule has 1 nitrogen and oxygen atoms in total. The van der Waals surface area contributed by atoms with Crippen LogP contribution < -0.4 is 0 Å². The highest BCUT2D eigenvalue weighted by molar-refractivity contribution is 7.80. The molecule has 14 heavy (non-hydrogen) atoms. The largest absolute Gasteiger partial charge is 0.369 e. The highest BCUT2D eigenvalue weighted by atomic mass is 32.1. The van der Waals surface area contributed by atoms with Crippen LogP contribution in [-0.2, 0) is 0 Å². The predicted molar refractivity (Wildman–Crippen MR) is 66.8 cm³/mol. The van der Waals surface area contributed by atoms with Crippen LogP contribution in [0.3, 0.4) is 0 Å². The van der Waals surface area contributed by atoms with Crippen molar-refractivity contribution in [2.24, 2.45) is 0 Å². The first kappa shape index (κ1) is 12.0. The van der Waals surface area contributed by atoms with Gasteiger partial charge in [-0.15, -0.1) is 0 Å². The first-order chi connectivity index (χ1) is 6.80. The van der Waals surface area contributed by atoms with Crippen molar-refractivity contribution in [2.75, 3.05) is 13.6 Å². The molecule has 0 radical (unpaired) electrons. The fourth-order valence-corrected chi connectivity index (χ4v) is 2.24. The lowest BCUT2D eigenvalue weighted by atomic mass is 10.1. The van der Waals surface area contributed by atoms with Crippen molar-refractivity contribution in [3.05, 3.63) is 0 Å². The van der Waals surface area contributed by atoms with Crippen LogP contribution in [0.2, 0.25) is 0 Å². The molecule has 0 aliphatic carbocycles. The zero-order valence-electron chi connectivity index (χ0n) is 9.43. The molecule has 0 aromatic heterocycles. The summed E-state index contributed by atoms with van der Waals surface area (Å²) >= 11 is 5.38. The summed E-state index contributed by atoms with van der Waals surface area (Å²) in [4.78, 5) is 3.45. The van der Waals surface area contributed by atoms with Gasteiger partial charge >= 0.3 is 0 Å². The van der Waals surface area contributed by atoms with Crippen molar-refractivity contribution in [3.8, 4) is 0 Å². The molecule has 0 saturated carbocycles. The fraction of sp³-hybridized carbons (Fsp3) is 0.917. The molecule has 0 bridgehead atoms. The van der Waals surface area contributed by atoms with E-state index in [4.69, 9.17) is 12.2 Å². The maximum atomic E-state index is 5.38. The van der Waals surface area contributed by atoms with Crippen LogP contribution >= 0.6 is 12.2 Å². The van der Waals surface area contributed by atoms with E-state index in [1.165, 1.54) is 62.9 Å². The van der Waals surface area contributed by atoms with E-state index in [0.717, 1.165) is 6.42 Å². The molecule has 0 aromatic rings. The van der Waals surface area contributed by atoms with Crippen molar-refractivity contribution >= 4 is 17.2 Å². The van der Waals surface area contributed by atoms with Gasteiger partial charge in [-0.05, 0) is 19.3 Å². The third-order valence-electron chi connectivity index (χ3n) is 3.06. The molecule has 1 fully saturated rings. The minimum atomic E-state index is 1.13. The Morgan fingerprint density at radius 1 is 0.857 bits per heavy atom. The third-order valence-corrected chi connectivity index (χ3v) is 3.58. The Labute approximate surface area is 93.9 Å². The Balaban J connectivity index is 2.27. The molecular weight excluding hydrogens is 190 g/mol. The molecule has 0 N–H and O–H groups in total. The van der Waals surface area contributed by atoms with Crippen LogP contribution in [-0.4, -0.2) is 23.5 Å². The molecule has 1 rings (SSSR count). The Hall–Kier alpha value is -0.110. The maximum Gasteiger partial charge on any atom is 0.0776 e. The second-order valence-electron chi connectivity index (χ2n) is 4.39. The van der Waals surface area contributed by atoms with E-state index in [0.29, 0.717) is 0 Å². The summed E-state index contributed by atoms with van der Waals surface area (Å²) in [5.74, 6) is 0. The van der Waals surface area contributed by atoms with E-state index in [9.17, 15) is 0 Å². The Morgan fingerprint density at radius 2 is 1.36 bits per heavy atom. The summed E-state index contributed by atoms with van der Waals surface area (Å²) in [5, 5.41) is 0. The second kappa shape index (κ2) is 7.22. The molecule has 0 spiro atoms. The van der Waals surface area contributed by atoms with E-state index in [-0.39, 0.29) is 0 Å². The van der Waals surface area contributed by atoms with E-state index in [1.807, 2.05) is 0 Å². The summed E-state index contributed by atoms with van der Waals surface area (Å²) in [6.45, 7) is 1.17. The predicted octanol–water partition coefficient (Wildman–Crippen LogP) is 3.77. The zero-order chi connectivity index (χ0) is 10.2. The van der Waals surface area contributed by atoms with Crippen molar-refractivity contribution in [1.82, 2.24) is 4.90 Å². The monoisotopic (exact) mass is 213 g/mol. The van der Waals surface area contributed by atoms with E-state index in [2.05, 4.69) is 11.9 Å². The summed E-state index contributed by atoms with van der Waals surface area (Å²) in [6, 6.07) is 0. The van der Waals surface area contributed by atoms with Crippen LogP contribution in [0.4, 0.5) is 0 Å². The van der Waals surface area contributed by atoms with Crippen LogP contribution in [0.5, 0.6) is 0 Å².